The number of carbonyl (C=O) groups excluding carboxylic acids is 1. The molecule has 1 amide bonds. The highest BCUT2D eigenvalue weighted by Crippen LogP contribution is 2.30. The Morgan fingerprint density at radius 2 is 2.00 bits per heavy atom. The number of hydrogen-bond acceptors (Lipinski definition) is 3. The van der Waals surface area contributed by atoms with E-state index >= 15 is 0 Å². The van der Waals surface area contributed by atoms with Crippen LogP contribution in [-0.2, 0) is 0 Å². The summed E-state index contributed by atoms with van der Waals surface area (Å²) in [4.78, 5) is 22.9. The molecule has 134 valence electrons. The molecule has 5 nitrogen and oxygen atoms in total. The molecular formula is C20H20ClN3O2. The predicted octanol–water partition coefficient (Wildman–Crippen LogP) is 4.24. The smallest absolute Gasteiger partial charge is 0.257 e. The van der Waals surface area contributed by atoms with Crippen molar-refractivity contribution in [3.8, 4) is 5.75 Å². The van der Waals surface area contributed by atoms with E-state index in [1.165, 1.54) is 0 Å². The summed E-state index contributed by atoms with van der Waals surface area (Å²) in [6.07, 6.45) is 1.78. The lowest BCUT2D eigenvalue weighted by Gasteiger charge is -2.31. The molecule has 0 bridgehead atoms. The summed E-state index contributed by atoms with van der Waals surface area (Å²) in [5, 5.41) is 0.557. The second kappa shape index (κ2) is 7.00. The van der Waals surface area contributed by atoms with Gasteiger partial charge in [0, 0.05) is 24.0 Å². The summed E-state index contributed by atoms with van der Waals surface area (Å²) >= 11 is 5.99. The molecule has 1 aliphatic rings. The molecule has 0 atom stereocenters. The first-order chi connectivity index (χ1) is 12.7. The summed E-state index contributed by atoms with van der Waals surface area (Å²) in [5.41, 5.74) is 2.61. The number of fused-ring (bicyclic) bond motifs is 1. The molecule has 3 aromatic rings. The highest BCUT2D eigenvalue weighted by molar-refractivity contribution is 6.30. The number of piperidine rings is 1. The second-order valence-corrected chi connectivity index (χ2v) is 6.99. The van der Waals surface area contributed by atoms with Crippen molar-refractivity contribution in [3.05, 3.63) is 58.9 Å². The van der Waals surface area contributed by atoms with Crippen LogP contribution in [0.2, 0.25) is 5.02 Å². The quantitative estimate of drug-likeness (QED) is 0.751. The van der Waals surface area contributed by atoms with Gasteiger partial charge in [-0.05, 0) is 43.2 Å². The van der Waals surface area contributed by atoms with Gasteiger partial charge in [-0.25, -0.2) is 4.98 Å². The SMILES string of the molecule is COc1cc(Cl)ccc1C(=O)N1CCC(c2nc3ccccc3[nH]2)CC1. The van der Waals surface area contributed by atoms with E-state index in [0.717, 1.165) is 29.7 Å². The van der Waals surface area contributed by atoms with Gasteiger partial charge in [-0.3, -0.25) is 4.79 Å². The summed E-state index contributed by atoms with van der Waals surface area (Å²) in [7, 11) is 1.55. The molecule has 4 rings (SSSR count). The van der Waals surface area contributed by atoms with Crippen LogP contribution in [0.15, 0.2) is 42.5 Å². The van der Waals surface area contributed by atoms with Crippen LogP contribution in [0.5, 0.6) is 5.75 Å². The average molecular weight is 370 g/mol. The fourth-order valence-electron chi connectivity index (χ4n) is 3.53. The molecule has 2 aromatic carbocycles. The fourth-order valence-corrected chi connectivity index (χ4v) is 3.70. The maximum absolute atomic E-state index is 12.9. The first-order valence-electron chi connectivity index (χ1n) is 8.73. The minimum Gasteiger partial charge on any atom is -0.496 e. The van der Waals surface area contributed by atoms with E-state index in [9.17, 15) is 4.79 Å². The molecule has 1 aliphatic heterocycles. The van der Waals surface area contributed by atoms with E-state index in [1.807, 2.05) is 29.2 Å². The lowest BCUT2D eigenvalue weighted by Crippen LogP contribution is -2.38. The predicted molar refractivity (Wildman–Crippen MR) is 102 cm³/mol. The normalized spacial score (nSPS) is 15.4. The van der Waals surface area contributed by atoms with Crippen molar-refractivity contribution in [2.45, 2.75) is 18.8 Å². The van der Waals surface area contributed by atoms with E-state index in [0.29, 0.717) is 35.3 Å². The van der Waals surface area contributed by atoms with E-state index in [4.69, 9.17) is 21.3 Å². The zero-order chi connectivity index (χ0) is 18.1. The lowest BCUT2D eigenvalue weighted by atomic mass is 9.95. The second-order valence-electron chi connectivity index (χ2n) is 6.55. The third kappa shape index (κ3) is 3.15. The van der Waals surface area contributed by atoms with Crippen LogP contribution in [0.1, 0.15) is 34.9 Å². The largest absolute Gasteiger partial charge is 0.496 e. The molecule has 0 aliphatic carbocycles. The van der Waals surface area contributed by atoms with Gasteiger partial charge in [0.25, 0.3) is 5.91 Å². The Morgan fingerprint density at radius 3 is 2.73 bits per heavy atom. The number of aromatic amines is 1. The number of imidazole rings is 1. The standard InChI is InChI=1S/C20H20ClN3O2/c1-26-18-12-14(21)6-7-15(18)20(25)24-10-8-13(9-11-24)19-22-16-4-2-3-5-17(16)23-19/h2-7,12-13H,8-11H2,1H3,(H,22,23). The molecule has 1 aromatic heterocycles. The zero-order valence-corrected chi connectivity index (χ0v) is 15.3. The monoisotopic (exact) mass is 369 g/mol. The Morgan fingerprint density at radius 1 is 1.23 bits per heavy atom. The number of nitrogens with one attached hydrogen (secondary N) is 1. The van der Waals surface area contributed by atoms with Gasteiger partial charge in [-0.15, -0.1) is 0 Å². The van der Waals surface area contributed by atoms with Gasteiger partial charge in [0.1, 0.15) is 11.6 Å². The highest BCUT2D eigenvalue weighted by Gasteiger charge is 2.27. The first-order valence-corrected chi connectivity index (χ1v) is 9.11. The molecule has 0 saturated carbocycles. The molecular weight excluding hydrogens is 350 g/mol. The third-order valence-corrected chi connectivity index (χ3v) is 5.21. The number of hydrogen-bond donors (Lipinski definition) is 1. The summed E-state index contributed by atoms with van der Waals surface area (Å²) in [6, 6.07) is 13.2. The van der Waals surface area contributed by atoms with Crippen LogP contribution in [0.4, 0.5) is 0 Å². The molecule has 0 unspecified atom stereocenters. The fraction of sp³-hybridized carbons (Fsp3) is 0.300. The van der Waals surface area contributed by atoms with Crippen LogP contribution < -0.4 is 4.74 Å². The molecule has 1 saturated heterocycles. The van der Waals surface area contributed by atoms with Gasteiger partial charge >= 0.3 is 0 Å². The zero-order valence-electron chi connectivity index (χ0n) is 14.5. The lowest BCUT2D eigenvalue weighted by molar-refractivity contribution is 0.0708. The Labute approximate surface area is 156 Å². The number of carbonyl (C=O) groups is 1. The number of halogens is 1. The number of methoxy groups -OCH3 is 1. The van der Waals surface area contributed by atoms with Gasteiger partial charge in [0.05, 0.1) is 23.7 Å². The molecule has 6 heteroatoms. The highest BCUT2D eigenvalue weighted by atomic mass is 35.5. The number of aromatic nitrogens is 2. The first kappa shape index (κ1) is 16.9. The van der Waals surface area contributed by atoms with E-state index in [1.54, 1.807) is 25.3 Å². The number of para-hydroxylation sites is 2. The van der Waals surface area contributed by atoms with Crippen molar-refractivity contribution in [3.63, 3.8) is 0 Å². The summed E-state index contributed by atoms with van der Waals surface area (Å²) in [5.74, 6) is 1.87. The van der Waals surface area contributed by atoms with Crippen LogP contribution in [0.3, 0.4) is 0 Å². The van der Waals surface area contributed by atoms with Crippen LogP contribution in [0, 0.1) is 0 Å². The van der Waals surface area contributed by atoms with Crippen LogP contribution in [-0.4, -0.2) is 41.0 Å². The number of benzene rings is 2. The molecule has 1 N–H and O–H groups in total. The van der Waals surface area contributed by atoms with Crippen molar-refractivity contribution in [1.82, 2.24) is 14.9 Å². The number of amides is 1. The minimum absolute atomic E-state index is 0.0124. The van der Waals surface area contributed by atoms with Gasteiger partial charge in [0.15, 0.2) is 0 Å². The maximum Gasteiger partial charge on any atom is 0.257 e. The number of nitrogens with zero attached hydrogens (tertiary/aromatic N) is 2. The minimum atomic E-state index is -0.0124. The Kier molecular flexibility index (Phi) is 4.55. The van der Waals surface area contributed by atoms with E-state index < -0.39 is 0 Å². The van der Waals surface area contributed by atoms with Crippen LogP contribution >= 0.6 is 11.6 Å². The number of H-pyrrole nitrogens is 1. The number of rotatable bonds is 3. The van der Waals surface area contributed by atoms with E-state index in [-0.39, 0.29) is 5.91 Å². The molecule has 0 radical (unpaired) electrons. The Bertz CT molecular complexity index is 912. The summed E-state index contributed by atoms with van der Waals surface area (Å²) in [6.45, 7) is 1.40. The third-order valence-electron chi connectivity index (χ3n) is 4.97. The van der Waals surface area contributed by atoms with Gasteiger partial charge in [-0.1, -0.05) is 23.7 Å². The molecule has 0 spiro atoms. The van der Waals surface area contributed by atoms with Crippen LogP contribution in [0.25, 0.3) is 11.0 Å². The Hall–Kier alpha value is -2.53. The summed E-state index contributed by atoms with van der Waals surface area (Å²) < 4.78 is 5.32. The molecule has 1 fully saturated rings. The molecule has 26 heavy (non-hydrogen) atoms. The Balaban J connectivity index is 1.47. The topological polar surface area (TPSA) is 58.2 Å². The average Bonchev–Trinajstić information content (AvgIpc) is 3.11. The van der Waals surface area contributed by atoms with Crippen molar-refractivity contribution >= 4 is 28.5 Å². The van der Waals surface area contributed by atoms with Crippen molar-refractivity contribution in [1.29, 1.82) is 0 Å². The van der Waals surface area contributed by atoms with Gasteiger partial charge in [0.2, 0.25) is 0 Å². The van der Waals surface area contributed by atoms with Gasteiger partial charge in [-0.2, -0.15) is 0 Å². The van der Waals surface area contributed by atoms with Crippen molar-refractivity contribution in [2.24, 2.45) is 0 Å². The molecule has 2 heterocycles. The number of ether oxygens (including phenoxy) is 1. The van der Waals surface area contributed by atoms with E-state index in [2.05, 4.69) is 4.98 Å². The maximum atomic E-state index is 12.9. The van der Waals surface area contributed by atoms with Crippen molar-refractivity contribution < 1.29 is 9.53 Å². The van der Waals surface area contributed by atoms with Gasteiger partial charge < -0.3 is 14.6 Å². The number of likely N-dealkylation sites (tertiary alicyclic amines) is 1. The van der Waals surface area contributed by atoms with Crippen molar-refractivity contribution in [2.75, 3.05) is 20.2 Å².